The number of nitrogens with zero attached hydrogens (tertiary/aromatic N) is 5. The first kappa shape index (κ1) is 17.6. The second kappa shape index (κ2) is 6.28. The van der Waals surface area contributed by atoms with Crippen LogP contribution in [-0.4, -0.2) is 37.5 Å². The molecular weight excluding hydrogens is 389 g/mol. The summed E-state index contributed by atoms with van der Waals surface area (Å²) >= 11 is 1.30. The van der Waals surface area contributed by atoms with E-state index in [0.717, 1.165) is 37.7 Å². The normalized spacial score (nSPS) is 16.4. The van der Waals surface area contributed by atoms with Crippen molar-refractivity contribution in [3.05, 3.63) is 35.8 Å². The Hall–Kier alpha value is -2.46. The topological polar surface area (TPSA) is 60.0 Å². The van der Waals surface area contributed by atoms with Crippen LogP contribution in [0.2, 0.25) is 0 Å². The smallest absolute Gasteiger partial charge is 0.317 e. The largest absolute Gasteiger partial charge is 0.418 e. The van der Waals surface area contributed by atoms with Gasteiger partial charge >= 0.3 is 6.18 Å². The van der Waals surface area contributed by atoms with Crippen LogP contribution in [-0.2, 0) is 13.2 Å². The SMILES string of the molecule is Cn1cc2cc(-c3nn4cc(C5CCNCC5)nc4s3)cc(C(F)(F)F)c2n1. The molecule has 0 unspecified atom stereocenters. The summed E-state index contributed by atoms with van der Waals surface area (Å²) in [6.45, 7) is 1.94. The molecule has 0 bridgehead atoms. The highest BCUT2D eigenvalue weighted by Crippen LogP contribution is 2.38. The molecular formula is C18H17F3N6S. The highest BCUT2D eigenvalue weighted by atomic mass is 32.1. The number of nitrogens with one attached hydrogen (secondary N) is 1. The van der Waals surface area contributed by atoms with Crippen LogP contribution < -0.4 is 5.32 Å². The molecule has 1 aliphatic heterocycles. The summed E-state index contributed by atoms with van der Waals surface area (Å²) in [6.07, 6.45) is 1.07. The third kappa shape index (κ3) is 2.96. The molecule has 0 amide bonds. The Labute approximate surface area is 162 Å². The van der Waals surface area contributed by atoms with Crippen molar-refractivity contribution in [3.63, 3.8) is 0 Å². The average Bonchev–Trinajstić information content (AvgIpc) is 3.32. The number of aromatic nitrogens is 5. The van der Waals surface area contributed by atoms with Gasteiger partial charge in [0.1, 0.15) is 10.5 Å². The zero-order valence-corrected chi connectivity index (χ0v) is 15.8. The third-order valence-corrected chi connectivity index (χ3v) is 6.07. The van der Waals surface area contributed by atoms with E-state index in [-0.39, 0.29) is 5.52 Å². The lowest BCUT2D eigenvalue weighted by Gasteiger charge is -2.20. The monoisotopic (exact) mass is 406 g/mol. The third-order valence-electron chi connectivity index (χ3n) is 5.09. The lowest BCUT2D eigenvalue weighted by molar-refractivity contribution is -0.136. The number of benzene rings is 1. The second-order valence-electron chi connectivity index (χ2n) is 7.09. The van der Waals surface area contributed by atoms with E-state index in [4.69, 9.17) is 0 Å². The Kier molecular flexibility index (Phi) is 3.95. The maximum absolute atomic E-state index is 13.5. The fourth-order valence-corrected chi connectivity index (χ4v) is 4.62. The predicted octanol–water partition coefficient (Wildman–Crippen LogP) is 3.83. The zero-order valence-electron chi connectivity index (χ0n) is 15.0. The van der Waals surface area contributed by atoms with E-state index in [9.17, 15) is 13.2 Å². The van der Waals surface area contributed by atoms with Crippen molar-refractivity contribution in [2.45, 2.75) is 24.9 Å². The molecule has 1 aromatic carbocycles. The van der Waals surface area contributed by atoms with Gasteiger partial charge in [-0.15, -0.1) is 0 Å². The minimum Gasteiger partial charge on any atom is -0.317 e. The minimum atomic E-state index is -4.48. The fraction of sp³-hybridized carbons (Fsp3) is 0.389. The van der Waals surface area contributed by atoms with E-state index in [1.165, 1.54) is 16.0 Å². The van der Waals surface area contributed by atoms with E-state index in [2.05, 4.69) is 20.5 Å². The second-order valence-corrected chi connectivity index (χ2v) is 8.04. The van der Waals surface area contributed by atoms with Gasteiger partial charge in [-0.25, -0.2) is 9.50 Å². The van der Waals surface area contributed by atoms with Crippen LogP contribution in [0.5, 0.6) is 0 Å². The maximum Gasteiger partial charge on any atom is 0.418 e. The first-order valence-corrected chi connectivity index (χ1v) is 9.82. The molecule has 3 aromatic heterocycles. The molecule has 28 heavy (non-hydrogen) atoms. The number of alkyl halides is 3. The molecule has 4 heterocycles. The molecule has 0 saturated carbocycles. The number of piperidine rings is 1. The molecule has 1 saturated heterocycles. The molecule has 0 aliphatic carbocycles. The van der Waals surface area contributed by atoms with Gasteiger partial charge in [0, 0.05) is 30.1 Å². The van der Waals surface area contributed by atoms with Gasteiger partial charge in [-0.1, -0.05) is 11.3 Å². The van der Waals surface area contributed by atoms with Crippen LogP contribution in [0.15, 0.2) is 24.5 Å². The van der Waals surface area contributed by atoms with Gasteiger partial charge < -0.3 is 5.32 Å². The highest BCUT2D eigenvalue weighted by molar-refractivity contribution is 7.19. The van der Waals surface area contributed by atoms with Crippen LogP contribution in [0.4, 0.5) is 13.2 Å². The van der Waals surface area contributed by atoms with E-state index in [1.54, 1.807) is 23.8 Å². The number of fused-ring (bicyclic) bond motifs is 2. The van der Waals surface area contributed by atoms with Crippen LogP contribution >= 0.6 is 11.3 Å². The van der Waals surface area contributed by atoms with E-state index in [0.29, 0.717) is 26.8 Å². The molecule has 1 N–H and O–H groups in total. The number of hydrogen-bond acceptors (Lipinski definition) is 5. The van der Waals surface area contributed by atoms with Gasteiger partial charge in [0.2, 0.25) is 4.96 Å². The molecule has 6 nitrogen and oxygen atoms in total. The van der Waals surface area contributed by atoms with Crippen molar-refractivity contribution in [2.24, 2.45) is 7.05 Å². The van der Waals surface area contributed by atoms with Gasteiger partial charge in [0.25, 0.3) is 0 Å². The first-order chi connectivity index (χ1) is 13.4. The molecule has 1 fully saturated rings. The highest BCUT2D eigenvalue weighted by Gasteiger charge is 2.34. The Morgan fingerprint density at radius 2 is 1.93 bits per heavy atom. The van der Waals surface area contributed by atoms with Crippen molar-refractivity contribution < 1.29 is 13.2 Å². The Bertz CT molecular complexity index is 1130. The van der Waals surface area contributed by atoms with Gasteiger partial charge in [0.05, 0.1) is 17.5 Å². The molecule has 10 heteroatoms. The first-order valence-electron chi connectivity index (χ1n) is 9.00. The zero-order chi connectivity index (χ0) is 19.5. The van der Waals surface area contributed by atoms with Crippen LogP contribution in [0.1, 0.15) is 30.0 Å². The quantitative estimate of drug-likeness (QED) is 0.550. The molecule has 1 aliphatic rings. The fourth-order valence-electron chi connectivity index (χ4n) is 3.74. The minimum absolute atomic E-state index is 0.0479. The molecule has 4 aromatic rings. The van der Waals surface area contributed by atoms with Crippen LogP contribution in [0.3, 0.4) is 0 Å². The number of aryl methyl sites for hydroxylation is 1. The van der Waals surface area contributed by atoms with Gasteiger partial charge in [0.15, 0.2) is 0 Å². The Morgan fingerprint density at radius 1 is 1.14 bits per heavy atom. The standard InChI is InChI=1S/C18H17F3N6S/c1-26-8-12-6-11(7-13(15(12)24-26)18(19,20)21)16-25-27-9-14(23-17(27)28-16)10-2-4-22-5-3-10/h6-10,22H,2-5H2,1H3. The lowest BCUT2D eigenvalue weighted by atomic mass is 9.95. The van der Waals surface area contributed by atoms with Crippen molar-refractivity contribution in [1.29, 1.82) is 0 Å². The summed E-state index contributed by atoms with van der Waals surface area (Å²) in [5, 5.41) is 12.7. The predicted molar refractivity (Wildman–Crippen MR) is 100 cm³/mol. The van der Waals surface area contributed by atoms with Gasteiger partial charge in [-0.3, -0.25) is 4.68 Å². The van der Waals surface area contributed by atoms with Crippen molar-refractivity contribution in [3.8, 4) is 10.6 Å². The average molecular weight is 406 g/mol. The van der Waals surface area contributed by atoms with Crippen molar-refractivity contribution in [2.75, 3.05) is 13.1 Å². The number of halogens is 3. The molecule has 0 radical (unpaired) electrons. The lowest BCUT2D eigenvalue weighted by Crippen LogP contribution is -2.26. The summed E-state index contributed by atoms with van der Waals surface area (Å²) in [5.41, 5.74) is 0.634. The Morgan fingerprint density at radius 3 is 2.64 bits per heavy atom. The van der Waals surface area contributed by atoms with Crippen LogP contribution in [0.25, 0.3) is 26.4 Å². The summed E-state index contributed by atoms with van der Waals surface area (Å²) in [5.74, 6) is 0.405. The van der Waals surface area contributed by atoms with Gasteiger partial charge in [-0.2, -0.15) is 23.4 Å². The van der Waals surface area contributed by atoms with Gasteiger partial charge in [-0.05, 0) is 38.1 Å². The molecule has 5 rings (SSSR count). The summed E-state index contributed by atoms with van der Waals surface area (Å²) < 4.78 is 43.7. The van der Waals surface area contributed by atoms with E-state index < -0.39 is 11.7 Å². The number of imidazole rings is 1. The number of rotatable bonds is 2. The van der Waals surface area contributed by atoms with Crippen molar-refractivity contribution >= 4 is 27.2 Å². The molecule has 146 valence electrons. The van der Waals surface area contributed by atoms with E-state index in [1.807, 2.05) is 6.20 Å². The van der Waals surface area contributed by atoms with Crippen LogP contribution in [0, 0.1) is 0 Å². The molecule has 0 spiro atoms. The number of hydrogen-bond donors (Lipinski definition) is 1. The summed E-state index contributed by atoms with van der Waals surface area (Å²) in [7, 11) is 1.61. The molecule has 0 atom stereocenters. The van der Waals surface area contributed by atoms with Crippen molar-refractivity contribution in [1.82, 2.24) is 29.7 Å². The van der Waals surface area contributed by atoms with E-state index >= 15 is 0 Å². The summed E-state index contributed by atoms with van der Waals surface area (Å²) in [6, 6.07) is 2.82. The summed E-state index contributed by atoms with van der Waals surface area (Å²) in [4.78, 5) is 5.37. The Balaban J connectivity index is 1.57. The maximum atomic E-state index is 13.5.